The minimum atomic E-state index is 0.265. The molecule has 0 radical (unpaired) electrons. The van der Waals surface area contributed by atoms with Gasteiger partial charge < -0.3 is 5.73 Å². The average Bonchev–Trinajstić information content (AvgIpc) is 2.30. The Labute approximate surface area is 111 Å². The summed E-state index contributed by atoms with van der Waals surface area (Å²) in [5, 5.41) is 0. The molecular weight excluding hydrogens is 222 g/mol. The standard InChI is InChI=1S/C15H27N3/c1-11(2)10-18(12(3)4)15(8-16)14-9-17-7-6-13(14)5/h6-7,9,11-12,15H,8,10,16H2,1-5H3. The van der Waals surface area contributed by atoms with Crippen molar-refractivity contribution < 1.29 is 0 Å². The zero-order valence-corrected chi connectivity index (χ0v) is 12.4. The van der Waals surface area contributed by atoms with Crippen LogP contribution in [0.25, 0.3) is 0 Å². The van der Waals surface area contributed by atoms with Crippen molar-refractivity contribution in [3.05, 3.63) is 29.6 Å². The van der Waals surface area contributed by atoms with Gasteiger partial charge in [0.25, 0.3) is 0 Å². The van der Waals surface area contributed by atoms with E-state index in [0.29, 0.717) is 18.5 Å². The highest BCUT2D eigenvalue weighted by Gasteiger charge is 2.23. The third-order valence-corrected chi connectivity index (χ3v) is 3.30. The predicted molar refractivity (Wildman–Crippen MR) is 77.4 cm³/mol. The Morgan fingerprint density at radius 1 is 1.28 bits per heavy atom. The van der Waals surface area contributed by atoms with E-state index in [9.17, 15) is 0 Å². The van der Waals surface area contributed by atoms with Crippen molar-refractivity contribution in [3.63, 3.8) is 0 Å². The molecular formula is C15H27N3. The molecule has 0 spiro atoms. The van der Waals surface area contributed by atoms with E-state index in [1.807, 2.05) is 12.4 Å². The van der Waals surface area contributed by atoms with Gasteiger partial charge in [0.2, 0.25) is 0 Å². The Bertz CT molecular complexity index is 361. The van der Waals surface area contributed by atoms with Crippen LogP contribution in [0, 0.1) is 12.8 Å². The molecule has 0 aliphatic rings. The first-order valence-corrected chi connectivity index (χ1v) is 6.83. The van der Waals surface area contributed by atoms with Crippen molar-refractivity contribution in [1.29, 1.82) is 0 Å². The number of aromatic nitrogens is 1. The van der Waals surface area contributed by atoms with E-state index >= 15 is 0 Å². The Balaban J connectivity index is 3.02. The van der Waals surface area contributed by atoms with Gasteiger partial charge in [-0.05, 0) is 43.9 Å². The van der Waals surface area contributed by atoms with E-state index in [1.165, 1.54) is 11.1 Å². The lowest BCUT2D eigenvalue weighted by atomic mass is 10.00. The minimum absolute atomic E-state index is 0.265. The van der Waals surface area contributed by atoms with Gasteiger partial charge in [-0.1, -0.05) is 13.8 Å². The highest BCUT2D eigenvalue weighted by Crippen LogP contribution is 2.25. The molecule has 0 aliphatic carbocycles. The SMILES string of the molecule is Cc1ccncc1C(CN)N(CC(C)C)C(C)C. The molecule has 0 bridgehead atoms. The number of hydrogen-bond donors (Lipinski definition) is 1. The van der Waals surface area contributed by atoms with Crippen LogP contribution in [0.3, 0.4) is 0 Å². The van der Waals surface area contributed by atoms with Gasteiger partial charge in [-0.25, -0.2) is 0 Å². The number of hydrogen-bond acceptors (Lipinski definition) is 3. The maximum atomic E-state index is 6.02. The number of rotatable bonds is 6. The maximum Gasteiger partial charge on any atom is 0.0491 e. The molecule has 1 atom stereocenters. The molecule has 1 aromatic heterocycles. The van der Waals surface area contributed by atoms with Crippen LogP contribution in [-0.4, -0.2) is 29.0 Å². The second-order valence-electron chi connectivity index (χ2n) is 5.67. The molecule has 0 aliphatic heterocycles. The lowest BCUT2D eigenvalue weighted by Crippen LogP contribution is -2.41. The van der Waals surface area contributed by atoms with Crippen LogP contribution in [0.2, 0.25) is 0 Å². The van der Waals surface area contributed by atoms with Gasteiger partial charge >= 0.3 is 0 Å². The third-order valence-electron chi connectivity index (χ3n) is 3.30. The molecule has 3 nitrogen and oxygen atoms in total. The molecule has 1 rings (SSSR count). The summed E-state index contributed by atoms with van der Waals surface area (Å²) in [6.45, 7) is 12.8. The van der Waals surface area contributed by atoms with E-state index in [1.54, 1.807) is 0 Å². The van der Waals surface area contributed by atoms with Crippen LogP contribution < -0.4 is 5.73 Å². The fourth-order valence-corrected chi connectivity index (χ4v) is 2.39. The van der Waals surface area contributed by atoms with Gasteiger partial charge in [0.1, 0.15) is 0 Å². The van der Waals surface area contributed by atoms with Gasteiger partial charge in [-0.3, -0.25) is 9.88 Å². The highest BCUT2D eigenvalue weighted by atomic mass is 15.2. The van der Waals surface area contributed by atoms with Crippen molar-refractivity contribution in [2.24, 2.45) is 11.7 Å². The molecule has 1 heterocycles. The maximum absolute atomic E-state index is 6.02. The first-order valence-electron chi connectivity index (χ1n) is 6.83. The Hall–Kier alpha value is -0.930. The van der Waals surface area contributed by atoms with E-state index in [0.717, 1.165) is 6.54 Å². The molecule has 102 valence electrons. The van der Waals surface area contributed by atoms with Crippen molar-refractivity contribution in [3.8, 4) is 0 Å². The first-order chi connectivity index (χ1) is 8.47. The Morgan fingerprint density at radius 3 is 2.39 bits per heavy atom. The van der Waals surface area contributed by atoms with Gasteiger partial charge in [0.15, 0.2) is 0 Å². The summed E-state index contributed by atoms with van der Waals surface area (Å²) in [4.78, 5) is 6.73. The zero-order valence-electron chi connectivity index (χ0n) is 12.4. The van der Waals surface area contributed by atoms with Crippen molar-refractivity contribution in [2.45, 2.75) is 46.7 Å². The van der Waals surface area contributed by atoms with Gasteiger partial charge in [0.05, 0.1) is 0 Å². The largest absolute Gasteiger partial charge is 0.329 e. The van der Waals surface area contributed by atoms with Crippen molar-refractivity contribution in [2.75, 3.05) is 13.1 Å². The summed E-state index contributed by atoms with van der Waals surface area (Å²) in [5.74, 6) is 0.637. The zero-order chi connectivity index (χ0) is 13.7. The average molecular weight is 249 g/mol. The molecule has 1 unspecified atom stereocenters. The fourth-order valence-electron chi connectivity index (χ4n) is 2.39. The summed E-state index contributed by atoms with van der Waals surface area (Å²) >= 11 is 0. The van der Waals surface area contributed by atoms with Gasteiger partial charge in [-0.2, -0.15) is 0 Å². The van der Waals surface area contributed by atoms with Crippen LogP contribution >= 0.6 is 0 Å². The van der Waals surface area contributed by atoms with Gasteiger partial charge in [0, 0.05) is 37.6 Å². The monoisotopic (exact) mass is 249 g/mol. The number of nitrogens with zero attached hydrogens (tertiary/aromatic N) is 2. The quantitative estimate of drug-likeness (QED) is 0.843. The van der Waals surface area contributed by atoms with Crippen LogP contribution in [0.4, 0.5) is 0 Å². The molecule has 0 saturated heterocycles. The highest BCUT2D eigenvalue weighted by molar-refractivity contribution is 5.25. The van der Waals surface area contributed by atoms with Crippen LogP contribution in [-0.2, 0) is 0 Å². The first kappa shape index (κ1) is 15.1. The predicted octanol–water partition coefficient (Wildman–Crippen LogP) is 2.76. The fraction of sp³-hybridized carbons (Fsp3) is 0.667. The van der Waals surface area contributed by atoms with E-state index in [-0.39, 0.29) is 6.04 Å². The Morgan fingerprint density at radius 2 is 1.94 bits per heavy atom. The minimum Gasteiger partial charge on any atom is -0.329 e. The summed E-state index contributed by atoms with van der Waals surface area (Å²) in [6, 6.07) is 2.81. The molecule has 0 saturated carbocycles. The summed E-state index contributed by atoms with van der Waals surface area (Å²) < 4.78 is 0. The normalized spacial score (nSPS) is 13.6. The summed E-state index contributed by atoms with van der Waals surface area (Å²) in [5.41, 5.74) is 8.55. The summed E-state index contributed by atoms with van der Waals surface area (Å²) in [7, 11) is 0. The molecule has 3 heteroatoms. The van der Waals surface area contributed by atoms with Crippen LogP contribution in [0.15, 0.2) is 18.5 Å². The van der Waals surface area contributed by atoms with Crippen LogP contribution in [0.5, 0.6) is 0 Å². The lowest BCUT2D eigenvalue weighted by molar-refractivity contribution is 0.138. The number of nitrogens with two attached hydrogens (primary N) is 1. The van der Waals surface area contributed by atoms with Crippen LogP contribution in [0.1, 0.15) is 44.9 Å². The molecule has 1 aromatic rings. The Kier molecular flexibility index (Phi) is 5.76. The number of aryl methyl sites for hydroxylation is 1. The second-order valence-corrected chi connectivity index (χ2v) is 5.67. The van der Waals surface area contributed by atoms with E-state index < -0.39 is 0 Å². The van der Waals surface area contributed by atoms with E-state index in [2.05, 4.69) is 50.6 Å². The smallest absolute Gasteiger partial charge is 0.0491 e. The lowest BCUT2D eigenvalue weighted by Gasteiger charge is -2.36. The molecule has 0 aromatic carbocycles. The molecule has 0 amide bonds. The van der Waals surface area contributed by atoms with Crippen molar-refractivity contribution in [1.82, 2.24) is 9.88 Å². The third kappa shape index (κ3) is 3.79. The molecule has 0 fully saturated rings. The second kappa shape index (κ2) is 6.86. The van der Waals surface area contributed by atoms with Crippen molar-refractivity contribution >= 4 is 0 Å². The topological polar surface area (TPSA) is 42.1 Å². The summed E-state index contributed by atoms with van der Waals surface area (Å²) in [6.07, 6.45) is 3.80. The molecule has 2 N–H and O–H groups in total. The molecule has 18 heavy (non-hydrogen) atoms. The van der Waals surface area contributed by atoms with Gasteiger partial charge in [-0.15, -0.1) is 0 Å². The number of pyridine rings is 1. The van der Waals surface area contributed by atoms with E-state index in [4.69, 9.17) is 5.73 Å².